The van der Waals surface area contributed by atoms with E-state index in [1.165, 1.54) is 17.4 Å². The highest BCUT2D eigenvalue weighted by Gasteiger charge is 2.13. The van der Waals surface area contributed by atoms with Gasteiger partial charge in [0.1, 0.15) is 0 Å². The first-order valence-electron chi connectivity index (χ1n) is 7.07. The molecule has 0 radical (unpaired) electrons. The molecule has 1 N–H and O–H groups in total. The van der Waals surface area contributed by atoms with Gasteiger partial charge in [0, 0.05) is 16.3 Å². The third-order valence-electron chi connectivity index (χ3n) is 3.40. The molecule has 0 aliphatic heterocycles. The van der Waals surface area contributed by atoms with Crippen molar-refractivity contribution >= 4 is 65.6 Å². The van der Waals surface area contributed by atoms with Crippen LogP contribution < -0.4 is 5.32 Å². The van der Waals surface area contributed by atoms with Crippen molar-refractivity contribution in [2.24, 2.45) is 0 Å². The van der Waals surface area contributed by atoms with Crippen LogP contribution in [0.1, 0.15) is 5.56 Å². The predicted molar refractivity (Wildman–Crippen MR) is 102 cm³/mol. The van der Waals surface area contributed by atoms with E-state index in [0.29, 0.717) is 31.0 Å². The maximum atomic E-state index is 12.2. The standard InChI is InChI=1S/C16H12Cl2N2O3S2/c1-25(22,23)11-4-5-13-14(8-11)24-16(19-13)20-15(21)6-9-2-3-10(17)7-12(9)18/h2-5,7-8H,6H2,1H3,(H,19,20,21). The Morgan fingerprint density at radius 2 is 1.96 bits per heavy atom. The summed E-state index contributed by atoms with van der Waals surface area (Å²) in [5.41, 5.74) is 1.28. The topological polar surface area (TPSA) is 76.1 Å². The maximum Gasteiger partial charge on any atom is 0.230 e. The lowest BCUT2D eigenvalue weighted by molar-refractivity contribution is -0.115. The Morgan fingerprint density at radius 3 is 2.64 bits per heavy atom. The summed E-state index contributed by atoms with van der Waals surface area (Å²) in [7, 11) is -3.29. The number of hydrogen-bond acceptors (Lipinski definition) is 5. The largest absolute Gasteiger partial charge is 0.302 e. The summed E-state index contributed by atoms with van der Waals surface area (Å²) in [5, 5.41) is 4.03. The number of benzene rings is 2. The number of carbonyl (C=O) groups excluding carboxylic acids is 1. The number of sulfone groups is 1. The lowest BCUT2D eigenvalue weighted by Crippen LogP contribution is -2.14. The third-order valence-corrected chi connectivity index (χ3v) is 6.03. The molecule has 0 fully saturated rings. The molecule has 0 aliphatic carbocycles. The van der Waals surface area contributed by atoms with Crippen LogP contribution >= 0.6 is 34.5 Å². The average Bonchev–Trinajstić information content (AvgIpc) is 2.90. The van der Waals surface area contributed by atoms with Gasteiger partial charge in [0.05, 0.1) is 21.5 Å². The number of rotatable bonds is 4. The number of nitrogens with one attached hydrogen (secondary N) is 1. The fourth-order valence-electron chi connectivity index (χ4n) is 2.19. The molecule has 5 nitrogen and oxygen atoms in total. The van der Waals surface area contributed by atoms with Gasteiger partial charge in [0.2, 0.25) is 5.91 Å². The summed E-state index contributed by atoms with van der Waals surface area (Å²) < 4.78 is 23.9. The molecule has 0 bridgehead atoms. The molecular weight excluding hydrogens is 403 g/mol. The second kappa shape index (κ2) is 6.92. The number of hydrogen-bond donors (Lipinski definition) is 1. The average molecular weight is 415 g/mol. The van der Waals surface area contributed by atoms with E-state index in [2.05, 4.69) is 10.3 Å². The molecule has 25 heavy (non-hydrogen) atoms. The Balaban J connectivity index is 1.79. The molecule has 0 atom stereocenters. The van der Waals surface area contributed by atoms with Gasteiger partial charge in [-0.15, -0.1) is 0 Å². The molecule has 0 unspecified atom stereocenters. The quantitative estimate of drug-likeness (QED) is 0.694. The van der Waals surface area contributed by atoms with Gasteiger partial charge in [0.15, 0.2) is 15.0 Å². The smallest absolute Gasteiger partial charge is 0.230 e. The first kappa shape index (κ1) is 18.1. The second-order valence-electron chi connectivity index (χ2n) is 5.38. The number of anilines is 1. The van der Waals surface area contributed by atoms with Gasteiger partial charge >= 0.3 is 0 Å². The number of halogens is 2. The molecule has 2 aromatic carbocycles. The van der Waals surface area contributed by atoms with Crippen LogP contribution in [0.5, 0.6) is 0 Å². The molecule has 1 amide bonds. The van der Waals surface area contributed by atoms with Crippen LogP contribution in [0.3, 0.4) is 0 Å². The molecule has 0 saturated carbocycles. The minimum Gasteiger partial charge on any atom is -0.302 e. The first-order valence-corrected chi connectivity index (χ1v) is 10.5. The van der Waals surface area contributed by atoms with Crippen molar-refractivity contribution in [1.29, 1.82) is 0 Å². The summed E-state index contributed by atoms with van der Waals surface area (Å²) in [4.78, 5) is 16.7. The van der Waals surface area contributed by atoms with Crippen LogP contribution in [-0.4, -0.2) is 25.6 Å². The van der Waals surface area contributed by atoms with E-state index in [0.717, 1.165) is 6.26 Å². The lowest BCUT2D eigenvalue weighted by Gasteiger charge is -2.04. The minimum atomic E-state index is -3.29. The van der Waals surface area contributed by atoms with E-state index < -0.39 is 9.84 Å². The molecule has 0 spiro atoms. The van der Waals surface area contributed by atoms with E-state index in [4.69, 9.17) is 23.2 Å². The van der Waals surface area contributed by atoms with E-state index in [1.54, 1.807) is 30.3 Å². The highest BCUT2D eigenvalue weighted by Crippen LogP contribution is 2.28. The highest BCUT2D eigenvalue weighted by atomic mass is 35.5. The maximum absolute atomic E-state index is 12.2. The molecule has 130 valence electrons. The second-order valence-corrected chi connectivity index (χ2v) is 9.27. The van der Waals surface area contributed by atoms with Gasteiger partial charge in [-0.2, -0.15) is 0 Å². The molecule has 3 aromatic rings. The Bertz CT molecular complexity index is 1080. The van der Waals surface area contributed by atoms with Crippen LogP contribution in [0.2, 0.25) is 10.0 Å². The summed E-state index contributed by atoms with van der Waals surface area (Å²) in [6.45, 7) is 0. The zero-order valence-electron chi connectivity index (χ0n) is 12.9. The van der Waals surface area contributed by atoms with Crippen molar-refractivity contribution in [3.05, 3.63) is 52.0 Å². The number of carbonyl (C=O) groups is 1. The normalized spacial score (nSPS) is 11.6. The van der Waals surface area contributed by atoms with E-state index in [-0.39, 0.29) is 17.2 Å². The van der Waals surface area contributed by atoms with Crippen molar-refractivity contribution in [3.63, 3.8) is 0 Å². The lowest BCUT2D eigenvalue weighted by atomic mass is 10.1. The first-order chi connectivity index (χ1) is 11.7. The fraction of sp³-hybridized carbons (Fsp3) is 0.125. The summed E-state index contributed by atoms with van der Waals surface area (Å²) in [6.07, 6.45) is 1.23. The van der Waals surface area contributed by atoms with Gasteiger partial charge in [0.25, 0.3) is 0 Å². The van der Waals surface area contributed by atoms with Crippen molar-refractivity contribution in [3.8, 4) is 0 Å². The van der Waals surface area contributed by atoms with Gasteiger partial charge in [-0.25, -0.2) is 13.4 Å². The van der Waals surface area contributed by atoms with E-state index in [1.807, 2.05) is 0 Å². The van der Waals surface area contributed by atoms with Crippen LogP contribution in [-0.2, 0) is 21.1 Å². The predicted octanol–water partition coefficient (Wildman–Crippen LogP) is 4.19. The van der Waals surface area contributed by atoms with Gasteiger partial charge in [-0.05, 0) is 35.9 Å². The number of aromatic nitrogens is 1. The van der Waals surface area contributed by atoms with Crippen LogP contribution in [0.25, 0.3) is 10.2 Å². The number of thiazole rings is 1. The Hall–Kier alpha value is -1.67. The van der Waals surface area contributed by atoms with Crippen LogP contribution in [0.4, 0.5) is 5.13 Å². The SMILES string of the molecule is CS(=O)(=O)c1ccc2nc(NC(=O)Cc3ccc(Cl)cc3Cl)sc2c1. The molecule has 3 rings (SSSR count). The van der Waals surface area contributed by atoms with Crippen molar-refractivity contribution in [2.75, 3.05) is 11.6 Å². The summed E-state index contributed by atoms with van der Waals surface area (Å²) in [5.74, 6) is -0.272. The monoisotopic (exact) mass is 414 g/mol. The summed E-state index contributed by atoms with van der Waals surface area (Å²) in [6, 6.07) is 9.61. The minimum absolute atomic E-state index is 0.0838. The Labute approximate surface area is 158 Å². The molecule has 1 heterocycles. The molecule has 9 heteroatoms. The zero-order chi connectivity index (χ0) is 18.2. The van der Waals surface area contributed by atoms with Crippen LogP contribution in [0, 0.1) is 0 Å². The van der Waals surface area contributed by atoms with Gasteiger partial charge in [-0.3, -0.25) is 4.79 Å². The molecule has 0 saturated heterocycles. The third kappa shape index (κ3) is 4.30. The van der Waals surface area contributed by atoms with Gasteiger partial charge in [-0.1, -0.05) is 40.6 Å². The fourth-order valence-corrected chi connectivity index (χ4v) is 4.31. The zero-order valence-corrected chi connectivity index (χ0v) is 16.1. The molecular formula is C16H12Cl2N2O3S2. The molecule has 0 aliphatic rings. The number of nitrogens with zero attached hydrogens (tertiary/aromatic N) is 1. The van der Waals surface area contributed by atoms with E-state index >= 15 is 0 Å². The Morgan fingerprint density at radius 1 is 1.20 bits per heavy atom. The van der Waals surface area contributed by atoms with Gasteiger partial charge < -0.3 is 5.32 Å². The molecule has 1 aromatic heterocycles. The Kier molecular flexibility index (Phi) is 5.02. The van der Waals surface area contributed by atoms with Crippen LogP contribution in [0.15, 0.2) is 41.3 Å². The summed E-state index contributed by atoms with van der Waals surface area (Å²) >= 11 is 13.1. The number of fused-ring (bicyclic) bond motifs is 1. The number of amides is 1. The van der Waals surface area contributed by atoms with Crippen molar-refractivity contribution in [2.45, 2.75) is 11.3 Å². The highest BCUT2D eigenvalue weighted by molar-refractivity contribution is 7.90. The van der Waals surface area contributed by atoms with E-state index in [9.17, 15) is 13.2 Å². The van der Waals surface area contributed by atoms with Crippen molar-refractivity contribution in [1.82, 2.24) is 4.98 Å². The van der Waals surface area contributed by atoms with Crippen molar-refractivity contribution < 1.29 is 13.2 Å².